The molecule has 0 aliphatic carbocycles. The van der Waals surface area contributed by atoms with E-state index in [2.05, 4.69) is 17.1 Å². The molecular formula is C9H15N3O2S2. The van der Waals surface area contributed by atoms with E-state index in [4.69, 9.17) is 0 Å². The van der Waals surface area contributed by atoms with Gasteiger partial charge in [-0.3, -0.25) is 5.10 Å². The lowest BCUT2D eigenvalue weighted by Crippen LogP contribution is -2.41. The minimum absolute atomic E-state index is 0.259. The summed E-state index contributed by atoms with van der Waals surface area (Å²) in [6, 6.07) is 0. The number of aromatic nitrogens is 2. The number of nitrogens with zero attached hydrogens (tertiary/aromatic N) is 2. The Balaban J connectivity index is 2.18. The number of aromatic amines is 1. The third kappa shape index (κ3) is 2.26. The topological polar surface area (TPSA) is 66.1 Å². The molecule has 2 rings (SSSR count). The summed E-state index contributed by atoms with van der Waals surface area (Å²) in [5.41, 5.74) is 0. The third-order valence-electron chi connectivity index (χ3n) is 2.67. The average molecular weight is 261 g/mol. The van der Waals surface area contributed by atoms with Gasteiger partial charge < -0.3 is 0 Å². The van der Waals surface area contributed by atoms with Crippen LogP contribution in [0.15, 0.2) is 17.3 Å². The van der Waals surface area contributed by atoms with Gasteiger partial charge in [-0.25, -0.2) is 8.42 Å². The van der Waals surface area contributed by atoms with Crippen molar-refractivity contribution >= 4 is 21.8 Å². The van der Waals surface area contributed by atoms with Crippen LogP contribution in [0.1, 0.15) is 13.3 Å². The van der Waals surface area contributed by atoms with E-state index in [0.717, 1.165) is 12.2 Å². The highest BCUT2D eigenvalue weighted by Gasteiger charge is 2.30. The van der Waals surface area contributed by atoms with E-state index in [1.54, 1.807) is 4.31 Å². The van der Waals surface area contributed by atoms with Crippen LogP contribution in [0.4, 0.5) is 0 Å². The lowest BCUT2D eigenvalue weighted by molar-refractivity contribution is 0.416. The summed E-state index contributed by atoms with van der Waals surface area (Å²) < 4.78 is 25.9. The lowest BCUT2D eigenvalue weighted by Gasteiger charge is -2.30. The maximum Gasteiger partial charge on any atom is 0.246 e. The van der Waals surface area contributed by atoms with Crippen LogP contribution in [-0.4, -0.2) is 47.0 Å². The van der Waals surface area contributed by atoms with Gasteiger partial charge in [0.25, 0.3) is 0 Å². The van der Waals surface area contributed by atoms with Crippen molar-refractivity contribution in [3.8, 4) is 0 Å². The predicted octanol–water partition coefficient (Wildman–Crippen LogP) is 0.926. The Morgan fingerprint density at radius 3 is 3.12 bits per heavy atom. The van der Waals surface area contributed by atoms with Crippen molar-refractivity contribution in [2.75, 3.05) is 18.8 Å². The van der Waals surface area contributed by atoms with Gasteiger partial charge in [0, 0.05) is 30.3 Å². The molecule has 1 aliphatic rings. The lowest BCUT2D eigenvalue weighted by atomic mass is 10.3. The molecule has 1 saturated heterocycles. The molecule has 90 valence electrons. The Bertz CT molecular complexity index is 430. The van der Waals surface area contributed by atoms with Crippen molar-refractivity contribution in [1.29, 1.82) is 0 Å². The van der Waals surface area contributed by atoms with Crippen LogP contribution < -0.4 is 0 Å². The summed E-state index contributed by atoms with van der Waals surface area (Å²) in [7, 11) is -3.34. The Labute approximate surface area is 99.7 Å². The van der Waals surface area contributed by atoms with Gasteiger partial charge in [0.1, 0.15) is 4.90 Å². The zero-order valence-electron chi connectivity index (χ0n) is 9.09. The second kappa shape index (κ2) is 4.77. The Kier molecular flexibility index (Phi) is 3.56. The number of hydrogen-bond donors (Lipinski definition) is 1. The average Bonchev–Trinajstić information content (AvgIpc) is 2.83. The van der Waals surface area contributed by atoms with Crippen LogP contribution in [-0.2, 0) is 10.0 Å². The summed E-state index contributed by atoms with van der Waals surface area (Å²) in [5.74, 6) is 0.871. The first kappa shape index (κ1) is 11.9. The largest absolute Gasteiger partial charge is 0.284 e. The molecule has 0 spiro atoms. The summed E-state index contributed by atoms with van der Waals surface area (Å²) in [5, 5.41) is 6.64. The van der Waals surface area contributed by atoms with Crippen molar-refractivity contribution in [2.24, 2.45) is 0 Å². The van der Waals surface area contributed by atoms with E-state index in [1.807, 2.05) is 11.8 Å². The van der Waals surface area contributed by atoms with Crippen molar-refractivity contribution in [3.63, 3.8) is 0 Å². The fourth-order valence-electron chi connectivity index (χ4n) is 1.69. The normalized spacial score (nSPS) is 23.4. The summed E-state index contributed by atoms with van der Waals surface area (Å²) in [6.45, 7) is 3.29. The number of hydrogen-bond acceptors (Lipinski definition) is 4. The highest BCUT2D eigenvalue weighted by atomic mass is 32.2. The molecule has 0 bridgehead atoms. The maximum atomic E-state index is 12.2. The highest BCUT2D eigenvalue weighted by Crippen LogP contribution is 2.25. The zero-order valence-corrected chi connectivity index (χ0v) is 10.7. The second-order valence-corrected chi connectivity index (χ2v) is 7.04. The number of nitrogens with one attached hydrogen (secondary N) is 1. The second-order valence-electron chi connectivity index (χ2n) is 3.70. The molecule has 7 heteroatoms. The molecule has 1 unspecified atom stereocenters. The van der Waals surface area contributed by atoms with Crippen LogP contribution in [0.2, 0.25) is 0 Å². The highest BCUT2D eigenvalue weighted by molar-refractivity contribution is 8.00. The van der Waals surface area contributed by atoms with Crippen molar-refractivity contribution in [1.82, 2.24) is 14.5 Å². The van der Waals surface area contributed by atoms with Crippen molar-refractivity contribution < 1.29 is 8.42 Å². The van der Waals surface area contributed by atoms with E-state index >= 15 is 0 Å². The molecule has 5 nitrogen and oxygen atoms in total. The molecule has 1 atom stereocenters. The number of rotatable bonds is 3. The van der Waals surface area contributed by atoms with Crippen LogP contribution in [0.25, 0.3) is 0 Å². The Hall–Kier alpha value is -0.530. The van der Waals surface area contributed by atoms with Gasteiger partial charge in [-0.15, -0.1) is 0 Å². The van der Waals surface area contributed by atoms with Crippen LogP contribution in [0.5, 0.6) is 0 Å². The SMILES string of the molecule is CCC1CN(S(=O)(=O)c2cn[nH]c2)CCS1. The number of H-pyrrole nitrogens is 1. The van der Waals surface area contributed by atoms with Gasteiger partial charge in [-0.05, 0) is 6.42 Å². The molecule has 2 heterocycles. The van der Waals surface area contributed by atoms with Gasteiger partial charge in [-0.1, -0.05) is 6.92 Å². The molecule has 0 radical (unpaired) electrons. The molecule has 1 N–H and O–H groups in total. The summed E-state index contributed by atoms with van der Waals surface area (Å²) >= 11 is 1.85. The number of thioether (sulfide) groups is 1. The van der Waals surface area contributed by atoms with E-state index in [-0.39, 0.29) is 4.90 Å². The molecule has 0 aromatic carbocycles. The summed E-state index contributed by atoms with van der Waals surface area (Å²) in [4.78, 5) is 0.259. The van der Waals surface area contributed by atoms with E-state index in [9.17, 15) is 8.42 Å². The maximum absolute atomic E-state index is 12.2. The zero-order chi connectivity index (χ0) is 11.6. The van der Waals surface area contributed by atoms with Gasteiger partial charge in [0.05, 0.1) is 6.20 Å². The first-order chi connectivity index (χ1) is 7.64. The van der Waals surface area contributed by atoms with Gasteiger partial charge >= 0.3 is 0 Å². The third-order valence-corrected chi connectivity index (χ3v) is 5.87. The molecule has 0 saturated carbocycles. The monoisotopic (exact) mass is 261 g/mol. The first-order valence-electron chi connectivity index (χ1n) is 5.25. The Morgan fingerprint density at radius 1 is 1.69 bits per heavy atom. The molecule has 16 heavy (non-hydrogen) atoms. The standard InChI is InChI=1S/C9H15N3O2S2/c1-2-8-7-12(3-4-15-8)16(13,14)9-5-10-11-6-9/h5-6,8H,2-4,7H2,1H3,(H,10,11). The van der Waals surface area contributed by atoms with Gasteiger partial charge in [-0.2, -0.15) is 21.2 Å². The fraction of sp³-hybridized carbons (Fsp3) is 0.667. The Morgan fingerprint density at radius 2 is 2.50 bits per heavy atom. The predicted molar refractivity (Wildman–Crippen MR) is 63.9 cm³/mol. The van der Waals surface area contributed by atoms with E-state index in [1.165, 1.54) is 12.4 Å². The molecule has 1 fully saturated rings. The molecule has 1 aliphatic heterocycles. The van der Waals surface area contributed by atoms with Crippen molar-refractivity contribution in [3.05, 3.63) is 12.4 Å². The fourth-order valence-corrected chi connectivity index (χ4v) is 4.47. The van der Waals surface area contributed by atoms with Crippen LogP contribution in [0, 0.1) is 0 Å². The minimum Gasteiger partial charge on any atom is -0.284 e. The molecule has 1 aromatic heterocycles. The van der Waals surface area contributed by atoms with E-state index in [0.29, 0.717) is 18.3 Å². The van der Waals surface area contributed by atoms with Gasteiger partial charge in [0.2, 0.25) is 10.0 Å². The van der Waals surface area contributed by atoms with Crippen LogP contribution >= 0.6 is 11.8 Å². The molecule has 1 aromatic rings. The summed E-state index contributed by atoms with van der Waals surface area (Å²) in [6.07, 6.45) is 3.79. The first-order valence-corrected chi connectivity index (χ1v) is 7.74. The number of sulfonamides is 1. The van der Waals surface area contributed by atoms with Crippen molar-refractivity contribution in [2.45, 2.75) is 23.5 Å². The van der Waals surface area contributed by atoms with Crippen LogP contribution in [0.3, 0.4) is 0 Å². The molecule has 0 amide bonds. The van der Waals surface area contributed by atoms with E-state index < -0.39 is 10.0 Å². The quantitative estimate of drug-likeness (QED) is 0.879. The minimum atomic E-state index is -3.34. The molecular weight excluding hydrogens is 246 g/mol. The smallest absolute Gasteiger partial charge is 0.246 e. The van der Waals surface area contributed by atoms with Gasteiger partial charge in [0.15, 0.2) is 0 Å².